The molecule has 1 aromatic heterocycles. The van der Waals surface area contributed by atoms with E-state index >= 15 is 0 Å². The molecule has 4 nitrogen and oxygen atoms in total. The van der Waals surface area contributed by atoms with E-state index in [1.54, 1.807) is 6.07 Å². The van der Waals surface area contributed by atoms with Crippen LogP contribution in [0.5, 0.6) is 11.5 Å². The highest BCUT2D eigenvalue weighted by Gasteiger charge is 2.15. The molecule has 4 aromatic rings. The van der Waals surface area contributed by atoms with E-state index in [1.165, 1.54) is 12.1 Å². The second-order valence-corrected chi connectivity index (χ2v) is 5.74. The lowest BCUT2D eigenvalue weighted by Crippen LogP contribution is -1.82. The van der Waals surface area contributed by atoms with Crippen molar-refractivity contribution in [1.82, 2.24) is 9.97 Å². The third kappa shape index (κ3) is 2.85. The Balaban J connectivity index is 1.90. The van der Waals surface area contributed by atoms with Gasteiger partial charge < -0.3 is 15.2 Å². The van der Waals surface area contributed by atoms with E-state index < -0.39 is 0 Å². The van der Waals surface area contributed by atoms with Crippen LogP contribution in [0.4, 0.5) is 0 Å². The van der Waals surface area contributed by atoms with Crippen LogP contribution in [0.3, 0.4) is 0 Å². The second kappa shape index (κ2) is 6.17. The highest BCUT2D eigenvalue weighted by molar-refractivity contribution is 5.81. The summed E-state index contributed by atoms with van der Waals surface area (Å²) in [7, 11) is 0. The number of aromatic hydroxyl groups is 2. The summed E-state index contributed by atoms with van der Waals surface area (Å²) in [6.45, 7) is 0. The van der Waals surface area contributed by atoms with E-state index in [4.69, 9.17) is 4.98 Å². The van der Waals surface area contributed by atoms with Gasteiger partial charge in [-0.15, -0.1) is 0 Å². The maximum Gasteiger partial charge on any atom is 0.158 e. The van der Waals surface area contributed by atoms with Crippen LogP contribution in [0.2, 0.25) is 0 Å². The van der Waals surface area contributed by atoms with Gasteiger partial charge in [0.25, 0.3) is 0 Å². The molecular formula is C21H16N2O2. The van der Waals surface area contributed by atoms with Crippen molar-refractivity contribution in [3.05, 3.63) is 78.9 Å². The normalized spacial score (nSPS) is 10.7. The Morgan fingerprint density at radius 1 is 0.640 bits per heavy atom. The molecule has 0 aliphatic rings. The van der Waals surface area contributed by atoms with Crippen LogP contribution in [0.15, 0.2) is 78.9 Å². The number of hydrogen-bond donors (Lipinski definition) is 3. The molecule has 0 unspecified atom stereocenters. The predicted octanol–water partition coefficient (Wildman–Crippen LogP) is 4.82. The van der Waals surface area contributed by atoms with Crippen LogP contribution < -0.4 is 0 Å². The van der Waals surface area contributed by atoms with Gasteiger partial charge in [-0.2, -0.15) is 0 Å². The molecule has 0 saturated carbocycles. The Morgan fingerprint density at radius 3 is 1.92 bits per heavy atom. The standard InChI is InChI=1S/C21H16N2O2/c24-17-12-11-16(13-18(17)25)21-22-19(14-7-3-1-4-8-14)20(23-21)15-9-5-2-6-10-15/h1-13,24-25H,(H,22,23). The highest BCUT2D eigenvalue weighted by atomic mass is 16.3. The molecule has 4 heteroatoms. The Morgan fingerprint density at radius 2 is 1.28 bits per heavy atom. The molecule has 0 aliphatic heterocycles. The van der Waals surface area contributed by atoms with E-state index in [2.05, 4.69) is 4.98 Å². The number of rotatable bonds is 3. The molecule has 122 valence electrons. The van der Waals surface area contributed by atoms with Crippen LogP contribution in [0.25, 0.3) is 33.9 Å². The van der Waals surface area contributed by atoms with Gasteiger partial charge in [0.05, 0.1) is 11.4 Å². The average Bonchev–Trinajstić information content (AvgIpc) is 3.11. The zero-order valence-corrected chi connectivity index (χ0v) is 13.3. The molecule has 0 fully saturated rings. The zero-order chi connectivity index (χ0) is 17.2. The summed E-state index contributed by atoms with van der Waals surface area (Å²) in [5.74, 6) is 0.311. The van der Waals surface area contributed by atoms with Crippen molar-refractivity contribution in [3.8, 4) is 45.4 Å². The highest BCUT2D eigenvalue weighted by Crippen LogP contribution is 2.35. The van der Waals surface area contributed by atoms with E-state index in [0.29, 0.717) is 11.4 Å². The van der Waals surface area contributed by atoms with E-state index in [1.807, 2.05) is 60.7 Å². The first-order chi connectivity index (χ1) is 12.2. The molecule has 0 amide bonds. The van der Waals surface area contributed by atoms with Crippen LogP contribution in [-0.4, -0.2) is 20.2 Å². The molecule has 3 N–H and O–H groups in total. The van der Waals surface area contributed by atoms with Gasteiger partial charge in [0.2, 0.25) is 0 Å². The van der Waals surface area contributed by atoms with Gasteiger partial charge in [-0.3, -0.25) is 0 Å². The third-order valence-corrected chi connectivity index (χ3v) is 4.06. The molecule has 0 radical (unpaired) electrons. The summed E-state index contributed by atoms with van der Waals surface area (Å²) < 4.78 is 0. The molecule has 3 aromatic carbocycles. The molecule has 0 saturated heterocycles. The number of H-pyrrole nitrogens is 1. The Labute approximate surface area is 145 Å². The van der Waals surface area contributed by atoms with Crippen molar-refractivity contribution in [1.29, 1.82) is 0 Å². The fourth-order valence-corrected chi connectivity index (χ4v) is 2.80. The summed E-state index contributed by atoms with van der Waals surface area (Å²) in [4.78, 5) is 8.11. The van der Waals surface area contributed by atoms with Gasteiger partial charge in [0.15, 0.2) is 11.5 Å². The van der Waals surface area contributed by atoms with Crippen molar-refractivity contribution in [2.75, 3.05) is 0 Å². The van der Waals surface area contributed by atoms with Gasteiger partial charge in [-0.25, -0.2) is 4.98 Å². The summed E-state index contributed by atoms with van der Waals surface area (Å²) in [6, 6.07) is 24.6. The van der Waals surface area contributed by atoms with E-state index in [0.717, 1.165) is 22.5 Å². The minimum atomic E-state index is -0.170. The molecule has 25 heavy (non-hydrogen) atoms. The fourth-order valence-electron chi connectivity index (χ4n) is 2.80. The Kier molecular flexibility index (Phi) is 3.71. The van der Waals surface area contributed by atoms with E-state index in [9.17, 15) is 10.2 Å². The van der Waals surface area contributed by atoms with Crippen LogP contribution in [0.1, 0.15) is 0 Å². The van der Waals surface area contributed by atoms with Gasteiger partial charge in [0.1, 0.15) is 5.82 Å². The molecule has 0 aliphatic carbocycles. The van der Waals surface area contributed by atoms with Crippen molar-refractivity contribution < 1.29 is 10.2 Å². The maximum atomic E-state index is 9.78. The van der Waals surface area contributed by atoms with Crippen molar-refractivity contribution in [2.45, 2.75) is 0 Å². The quantitative estimate of drug-likeness (QED) is 0.472. The number of aromatic amines is 1. The van der Waals surface area contributed by atoms with Crippen molar-refractivity contribution in [2.24, 2.45) is 0 Å². The Bertz CT molecular complexity index is 952. The van der Waals surface area contributed by atoms with Crippen LogP contribution >= 0.6 is 0 Å². The Hall–Kier alpha value is -3.53. The first-order valence-corrected chi connectivity index (χ1v) is 7.95. The summed E-state index contributed by atoms with van der Waals surface area (Å²) >= 11 is 0. The monoisotopic (exact) mass is 328 g/mol. The number of aromatic nitrogens is 2. The van der Waals surface area contributed by atoms with Crippen molar-refractivity contribution in [3.63, 3.8) is 0 Å². The molecule has 0 atom stereocenters. The third-order valence-electron chi connectivity index (χ3n) is 4.06. The average molecular weight is 328 g/mol. The lowest BCUT2D eigenvalue weighted by Gasteiger charge is -2.02. The lowest BCUT2D eigenvalue weighted by molar-refractivity contribution is 0.404. The first-order valence-electron chi connectivity index (χ1n) is 7.95. The van der Waals surface area contributed by atoms with Gasteiger partial charge >= 0.3 is 0 Å². The number of nitrogens with zero attached hydrogens (tertiary/aromatic N) is 1. The maximum absolute atomic E-state index is 9.78. The fraction of sp³-hybridized carbons (Fsp3) is 0. The van der Waals surface area contributed by atoms with Crippen LogP contribution in [-0.2, 0) is 0 Å². The summed E-state index contributed by atoms with van der Waals surface area (Å²) in [5, 5.41) is 19.3. The second-order valence-electron chi connectivity index (χ2n) is 5.74. The van der Waals surface area contributed by atoms with Crippen LogP contribution in [0, 0.1) is 0 Å². The zero-order valence-electron chi connectivity index (χ0n) is 13.3. The number of phenolic OH excluding ortho intramolecular Hbond substituents is 2. The lowest BCUT2D eigenvalue weighted by atomic mass is 10.1. The smallest absolute Gasteiger partial charge is 0.158 e. The van der Waals surface area contributed by atoms with Gasteiger partial charge in [-0.05, 0) is 18.2 Å². The van der Waals surface area contributed by atoms with Gasteiger partial charge in [0, 0.05) is 16.7 Å². The van der Waals surface area contributed by atoms with E-state index in [-0.39, 0.29) is 11.5 Å². The topological polar surface area (TPSA) is 69.1 Å². The summed E-state index contributed by atoms with van der Waals surface area (Å²) in [6.07, 6.45) is 0. The minimum Gasteiger partial charge on any atom is -0.504 e. The molecular weight excluding hydrogens is 312 g/mol. The summed E-state index contributed by atoms with van der Waals surface area (Å²) in [5.41, 5.74) is 4.49. The van der Waals surface area contributed by atoms with Crippen molar-refractivity contribution >= 4 is 0 Å². The number of benzene rings is 3. The predicted molar refractivity (Wildman–Crippen MR) is 98.2 cm³/mol. The molecule has 4 rings (SSSR count). The molecule has 1 heterocycles. The number of phenols is 2. The molecule has 0 spiro atoms. The van der Waals surface area contributed by atoms with Gasteiger partial charge in [-0.1, -0.05) is 60.7 Å². The number of hydrogen-bond acceptors (Lipinski definition) is 3. The SMILES string of the molecule is Oc1ccc(-c2nc(-c3ccccc3)c(-c3ccccc3)[nH]2)cc1O. The largest absolute Gasteiger partial charge is 0.504 e. The minimum absolute atomic E-state index is 0.151. The molecule has 0 bridgehead atoms. The first kappa shape index (κ1) is 15.0. The number of imidazole rings is 1. The number of nitrogens with one attached hydrogen (secondary N) is 1.